The predicted octanol–water partition coefficient (Wildman–Crippen LogP) is 1.32. The van der Waals surface area contributed by atoms with Gasteiger partial charge in [0.05, 0.1) is 17.8 Å². The molecule has 0 aliphatic rings. The number of carbonyl (C=O) groups is 1. The van der Waals surface area contributed by atoms with Crippen molar-refractivity contribution in [1.29, 1.82) is 0 Å². The molecule has 21 heavy (non-hydrogen) atoms. The number of aromatic nitrogens is 2. The summed E-state index contributed by atoms with van der Waals surface area (Å²) in [7, 11) is 3.85. The molecule has 0 fully saturated rings. The van der Waals surface area contributed by atoms with E-state index in [-0.39, 0.29) is 5.91 Å². The molecule has 1 aromatic heterocycles. The number of benzene rings is 1. The SMILES string of the molecule is Cn1ccn(C[NH+](C)CC(=O)Nc2ccccc2Cl)c1=S. The van der Waals surface area contributed by atoms with Crippen molar-refractivity contribution < 1.29 is 9.69 Å². The number of rotatable bonds is 5. The lowest BCUT2D eigenvalue weighted by Crippen LogP contribution is -3.09. The summed E-state index contributed by atoms with van der Waals surface area (Å²) in [5, 5.41) is 3.35. The van der Waals surface area contributed by atoms with Crippen LogP contribution in [0.1, 0.15) is 0 Å². The molecule has 1 aromatic carbocycles. The van der Waals surface area contributed by atoms with Crippen molar-refractivity contribution >= 4 is 35.4 Å². The van der Waals surface area contributed by atoms with Crippen LogP contribution >= 0.6 is 23.8 Å². The third-order valence-corrected chi connectivity index (χ3v) is 3.92. The van der Waals surface area contributed by atoms with Crippen LogP contribution in [0.3, 0.4) is 0 Å². The number of quaternary nitrogens is 1. The Kier molecular flexibility index (Phi) is 5.17. The van der Waals surface area contributed by atoms with Crippen LogP contribution in [-0.4, -0.2) is 28.6 Å². The summed E-state index contributed by atoms with van der Waals surface area (Å²) in [6.45, 7) is 0.970. The lowest BCUT2D eigenvalue weighted by atomic mass is 10.3. The van der Waals surface area contributed by atoms with E-state index in [9.17, 15) is 4.79 Å². The molecule has 0 spiro atoms. The second-order valence-corrected chi connectivity index (χ2v) is 5.75. The molecule has 5 nitrogen and oxygen atoms in total. The Morgan fingerprint density at radius 3 is 2.71 bits per heavy atom. The minimum atomic E-state index is -0.0805. The van der Waals surface area contributed by atoms with Gasteiger partial charge >= 0.3 is 0 Å². The molecule has 2 N–H and O–H groups in total. The van der Waals surface area contributed by atoms with E-state index in [1.165, 1.54) is 0 Å². The first kappa shape index (κ1) is 15.8. The standard InChI is InChI=1S/C14H17ClN4OS/c1-17(10-19-8-7-18(2)14(19)21)9-13(20)16-12-6-4-3-5-11(12)15/h3-8H,9-10H2,1-2H3,(H,16,20)/p+1. The fourth-order valence-corrected chi connectivity index (χ4v) is 2.38. The van der Waals surface area contributed by atoms with E-state index in [0.29, 0.717) is 23.9 Å². The number of nitrogens with zero attached hydrogens (tertiary/aromatic N) is 2. The Morgan fingerprint density at radius 1 is 1.38 bits per heavy atom. The third kappa shape index (κ3) is 4.17. The second-order valence-electron chi connectivity index (χ2n) is 4.98. The van der Waals surface area contributed by atoms with Gasteiger partial charge in [-0.2, -0.15) is 0 Å². The molecule has 2 rings (SSSR count). The van der Waals surface area contributed by atoms with Crippen molar-refractivity contribution in [1.82, 2.24) is 9.13 Å². The number of para-hydroxylation sites is 1. The lowest BCUT2D eigenvalue weighted by molar-refractivity contribution is -0.894. The summed E-state index contributed by atoms with van der Waals surface area (Å²) in [6, 6.07) is 7.19. The Hall–Kier alpha value is -1.63. The second kappa shape index (κ2) is 6.89. The molecule has 112 valence electrons. The van der Waals surface area contributed by atoms with Gasteiger partial charge in [0.15, 0.2) is 18.0 Å². The summed E-state index contributed by atoms with van der Waals surface area (Å²) in [5.74, 6) is -0.0805. The highest BCUT2D eigenvalue weighted by atomic mass is 35.5. The maximum Gasteiger partial charge on any atom is 0.279 e. The molecule has 2 aromatic rings. The van der Waals surface area contributed by atoms with Crippen molar-refractivity contribution in [2.75, 3.05) is 18.9 Å². The van der Waals surface area contributed by atoms with E-state index in [4.69, 9.17) is 23.8 Å². The maximum atomic E-state index is 12.0. The van der Waals surface area contributed by atoms with E-state index < -0.39 is 0 Å². The number of halogens is 1. The van der Waals surface area contributed by atoms with E-state index in [0.717, 1.165) is 9.67 Å². The summed E-state index contributed by atoms with van der Waals surface area (Å²) in [4.78, 5) is 13.1. The van der Waals surface area contributed by atoms with Crippen LogP contribution in [0, 0.1) is 4.77 Å². The largest absolute Gasteiger partial charge is 0.327 e. The average molecular weight is 326 g/mol. The Balaban J connectivity index is 1.92. The fraction of sp³-hybridized carbons (Fsp3) is 0.286. The Labute approximate surface area is 133 Å². The first-order valence-corrected chi connectivity index (χ1v) is 7.33. The smallest absolute Gasteiger partial charge is 0.279 e. The quantitative estimate of drug-likeness (QED) is 0.814. The molecule has 0 saturated carbocycles. The van der Waals surface area contributed by atoms with E-state index in [2.05, 4.69) is 5.32 Å². The number of nitrogens with one attached hydrogen (secondary N) is 2. The van der Waals surface area contributed by atoms with Gasteiger partial charge in [-0.15, -0.1) is 0 Å². The van der Waals surface area contributed by atoms with Gasteiger partial charge in [-0.3, -0.25) is 9.36 Å². The molecule has 0 saturated heterocycles. The molecular weight excluding hydrogens is 308 g/mol. The zero-order valence-corrected chi connectivity index (χ0v) is 13.5. The van der Waals surface area contributed by atoms with Crippen LogP contribution in [-0.2, 0) is 18.5 Å². The van der Waals surface area contributed by atoms with Crippen LogP contribution in [0.25, 0.3) is 0 Å². The van der Waals surface area contributed by atoms with Gasteiger partial charge in [0.25, 0.3) is 5.91 Å². The maximum absolute atomic E-state index is 12.0. The first-order valence-electron chi connectivity index (χ1n) is 6.55. The molecule has 0 aliphatic carbocycles. The summed E-state index contributed by atoms with van der Waals surface area (Å²) in [6.07, 6.45) is 3.82. The molecule has 0 radical (unpaired) electrons. The number of aryl methyl sites for hydroxylation is 1. The molecule has 7 heteroatoms. The number of likely N-dealkylation sites (N-methyl/N-ethyl adjacent to an activating group) is 1. The number of amides is 1. The van der Waals surface area contributed by atoms with Crippen molar-refractivity contribution in [3.8, 4) is 0 Å². The van der Waals surface area contributed by atoms with Gasteiger partial charge in [0.1, 0.15) is 0 Å². The summed E-state index contributed by atoms with van der Waals surface area (Å²) >= 11 is 11.3. The molecule has 1 unspecified atom stereocenters. The topological polar surface area (TPSA) is 43.4 Å². The third-order valence-electron chi connectivity index (χ3n) is 3.07. The highest BCUT2D eigenvalue weighted by Crippen LogP contribution is 2.19. The molecule has 1 heterocycles. The summed E-state index contributed by atoms with van der Waals surface area (Å²) < 4.78 is 4.54. The van der Waals surface area contributed by atoms with E-state index in [1.807, 2.05) is 47.8 Å². The van der Waals surface area contributed by atoms with Crippen LogP contribution in [0.15, 0.2) is 36.7 Å². The number of imidazole rings is 1. The highest BCUT2D eigenvalue weighted by Gasteiger charge is 2.12. The minimum Gasteiger partial charge on any atom is -0.327 e. The van der Waals surface area contributed by atoms with Crippen molar-refractivity contribution in [3.63, 3.8) is 0 Å². The average Bonchev–Trinajstić information content (AvgIpc) is 2.73. The number of carbonyl (C=O) groups excluding carboxylic acids is 1. The van der Waals surface area contributed by atoms with Crippen molar-refractivity contribution in [2.45, 2.75) is 6.67 Å². The molecule has 0 bridgehead atoms. The van der Waals surface area contributed by atoms with Gasteiger partial charge in [0.2, 0.25) is 0 Å². The van der Waals surface area contributed by atoms with Crippen LogP contribution < -0.4 is 10.2 Å². The predicted molar refractivity (Wildman–Crippen MR) is 86.1 cm³/mol. The fourth-order valence-electron chi connectivity index (χ4n) is 2.01. The van der Waals surface area contributed by atoms with Gasteiger partial charge in [-0.05, 0) is 24.4 Å². The zero-order chi connectivity index (χ0) is 15.4. The molecule has 1 amide bonds. The van der Waals surface area contributed by atoms with Gasteiger partial charge in [-0.25, -0.2) is 0 Å². The first-order chi connectivity index (χ1) is 9.97. The Bertz CT molecular complexity index is 694. The van der Waals surface area contributed by atoms with Gasteiger partial charge in [0, 0.05) is 19.4 Å². The molecular formula is C14H18ClN4OS+. The minimum absolute atomic E-state index is 0.0805. The molecule has 0 aliphatic heterocycles. The Morgan fingerprint density at radius 2 is 2.10 bits per heavy atom. The summed E-state index contributed by atoms with van der Waals surface area (Å²) in [5.41, 5.74) is 0.633. The van der Waals surface area contributed by atoms with Crippen LogP contribution in [0.4, 0.5) is 5.69 Å². The number of hydrogen-bond acceptors (Lipinski definition) is 2. The highest BCUT2D eigenvalue weighted by molar-refractivity contribution is 7.71. The molecule has 1 atom stereocenters. The normalized spacial score (nSPS) is 12.1. The van der Waals surface area contributed by atoms with E-state index >= 15 is 0 Å². The van der Waals surface area contributed by atoms with Crippen molar-refractivity contribution in [2.24, 2.45) is 7.05 Å². The van der Waals surface area contributed by atoms with E-state index in [1.54, 1.807) is 12.1 Å². The van der Waals surface area contributed by atoms with Crippen LogP contribution in [0.2, 0.25) is 5.02 Å². The van der Waals surface area contributed by atoms with Crippen molar-refractivity contribution in [3.05, 3.63) is 46.5 Å². The van der Waals surface area contributed by atoms with Gasteiger partial charge in [-0.1, -0.05) is 23.7 Å². The number of hydrogen-bond donors (Lipinski definition) is 2. The number of anilines is 1. The van der Waals surface area contributed by atoms with Gasteiger partial charge < -0.3 is 14.8 Å². The zero-order valence-electron chi connectivity index (χ0n) is 12.0. The lowest BCUT2D eigenvalue weighted by Gasteiger charge is -2.14. The van der Waals surface area contributed by atoms with Crippen LogP contribution in [0.5, 0.6) is 0 Å². The monoisotopic (exact) mass is 325 g/mol.